The van der Waals surface area contributed by atoms with E-state index in [1.165, 1.54) is 43.2 Å². The molecule has 1 heterocycles. The normalized spacial score (nSPS) is 22.3. The van der Waals surface area contributed by atoms with Crippen LogP contribution in [0.1, 0.15) is 49.7 Å². The molecule has 1 saturated heterocycles. The molecule has 2 fully saturated rings. The number of carbonyl (C=O) groups excluding carboxylic acids is 1. The van der Waals surface area contributed by atoms with Gasteiger partial charge in [-0.2, -0.15) is 0 Å². The maximum absolute atomic E-state index is 12.2. The Morgan fingerprint density at radius 3 is 2.76 bits per heavy atom. The number of piperidine rings is 1. The molecule has 0 bridgehead atoms. The Bertz CT molecular complexity index is 492. The van der Waals surface area contributed by atoms with Gasteiger partial charge < -0.3 is 4.90 Å². The molecule has 1 saturated carbocycles. The average Bonchev–Trinajstić information content (AvgIpc) is 3.31. The van der Waals surface area contributed by atoms with Gasteiger partial charge in [0.25, 0.3) is 0 Å². The first-order chi connectivity index (χ1) is 10.2. The number of likely N-dealkylation sites (tertiary alicyclic amines) is 1. The van der Waals surface area contributed by atoms with Gasteiger partial charge >= 0.3 is 0 Å². The van der Waals surface area contributed by atoms with Gasteiger partial charge in [0.1, 0.15) is 0 Å². The van der Waals surface area contributed by atoms with E-state index in [2.05, 4.69) is 36.1 Å². The number of carbonyl (C=O) groups is 1. The van der Waals surface area contributed by atoms with Crippen LogP contribution in [0.4, 0.5) is 0 Å². The molecule has 2 nitrogen and oxygen atoms in total. The van der Waals surface area contributed by atoms with Crippen molar-refractivity contribution in [2.45, 2.75) is 51.9 Å². The maximum Gasteiger partial charge on any atom is 0.222 e. The lowest BCUT2D eigenvalue weighted by atomic mass is 9.90. The summed E-state index contributed by atoms with van der Waals surface area (Å²) in [6.45, 7) is 4.19. The minimum absolute atomic E-state index is 0.415. The van der Waals surface area contributed by atoms with Crippen molar-refractivity contribution in [1.82, 2.24) is 4.90 Å². The molecule has 1 aliphatic heterocycles. The highest BCUT2D eigenvalue weighted by molar-refractivity contribution is 5.76. The van der Waals surface area contributed by atoms with Crippen molar-refractivity contribution in [3.8, 4) is 0 Å². The van der Waals surface area contributed by atoms with E-state index in [9.17, 15) is 4.79 Å². The van der Waals surface area contributed by atoms with E-state index in [0.29, 0.717) is 17.7 Å². The van der Waals surface area contributed by atoms with Gasteiger partial charge in [0.05, 0.1) is 0 Å². The van der Waals surface area contributed by atoms with Crippen molar-refractivity contribution in [3.05, 3.63) is 35.4 Å². The van der Waals surface area contributed by atoms with Gasteiger partial charge in [-0.1, -0.05) is 24.3 Å². The van der Waals surface area contributed by atoms with E-state index in [0.717, 1.165) is 25.9 Å². The number of benzene rings is 1. The Hall–Kier alpha value is -1.31. The second-order valence-electron chi connectivity index (χ2n) is 6.96. The van der Waals surface area contributed by atoms with Crippen LogP contribution in [0.25, 0.3) is 0 Å². The van der Waals surface area contributed by atoms with Crippen molar-refractivity contribution < 1.29 is 4.79 Å². The first-order valence-electron chi connectivity index (χ1n) is 8.54. The Morgan fingerprint density at radius 2 is 2.00 bits per heavy atom. The van der Waals surface area contributed by atoms with Gasteiger partial charge in [-0.15, -0.1) is 0 Å². The van der Waals surface area contributed by atoms with Crippen LogP contribution in [0.5, 0.6) is 0 Å². The molecule has 0 N–H and O–H groups in total. The second kappa shape index (κ2) is 6.64. The molecule has 0 unspecified atom stereocenters. The van der Waals surface area contributed by atoms with Gasteiger partial charge in [-0.25, -0.2) is 0 Å². The molecular formula is C19H27NO. The Morgan fingerprint density at radius 1 is 1.19 bits per heavy atom. The SMILES string of the molecule is Cc1ccccc1CC[C@H]1CCCN(C(=O)CC2CC2)C1. The molecule has 0 radical (unpaired) electrons. The molecule has 1 atom stereocenters. The third-order valence-corrected chi connectivity index (χ3v) is 5.12. The van der Waals surface area contributed by atoms with Crippen molar-refractivity contribution in [1.29, 1.82) is 0 Å². The summed E-state index contributed by atoms with van der Waals surface area (Å²) in [5.74, 6) is 1.82. The van der Waals surface area contributed by atoms with E-state index in [4.69, 9.17) is 0 Å². The lowest BCUT2D eigenvalue weighted by Crippen LogP contribution is -2.40. The minimum atomic E-state index is 0.415. The molecule has 2 aliphatic rings. The summed E-state index contributed by atoms with van der Waals surface area (Å²) in [5.41, 5.74) is 2.87. The zero-order chi connectivity index (χ0) is 14.7. The number of amides is 1. The van der Waals surface area contributed by atoms with Crippen LogP contribution in [0, 0.1) is 18.8 Å². The quantitative estimate of drug-likeness (QED) is 0.801. The molecule has 3 rings (SSSR count). The number of nitrogens with zero attached hydrogens (tertiary/aromatic N) is 1. The van der Waals surface area contributed by atoms with E-state index in [1.807, 2.05) is 0 Å². The Balaban J connectivity index is 1.49. The Kier molecular flexibility index (Phi) is 4.62. The summed E-state index contributed by atoms with van der Waals surface area (Å²) in [4.78, 5) is 14.4. The summed E-state index contributed by atoms with van der Waals surface area (Å²) in [6.07, 6.45) is 8.21. The van der Waals surface area contributed by atoms with Crippen LogP contribution in [0.15, 0.2) is 24.3 Å². The van der Waals surface area contributed by atoms with Crippen molar-refractivity contribution in [2.24, 2.45) is 11.8 Å². The predicted octanol–water partition coefficient (Wildman–Crippen LogP) is 3.97. The predicted molar refractivity (Wildman–Crippen MR) is 86.1 cm³/mol. The summed E-state index contributed by atoms with van der Waals surface area (Å²) in [5, 5.41) is 0. The van der Waals surface area contributed by atoms with E-state index in [1.54, 1.807) is 0 Å². The second-order valence-corrected chi connectivity index (χ2v) is 6.96. The number of aryl methyl sites for hydroxylation is 2. The lowest BCUT2D eigenvalue weighted by Gasteiger charge is -2.33. The van der Waals surface area contributed by atoms with Crippen LogP contribution in [0.2, 0.25) is 0 Å². The molecule has 114 valence electrons. The third kappa shape index (κ3) is 4.09. The minimum Gasteiger partial charge on any atom is -0.342 e. The molecule has 0 spiro atoms. The summed E-state index contributed by atoms with van der Waals surface area (Å²) in [6, 6.07) is 8.68. The third-order valence-electron chi connectivity index (χ3n) is 5.12. The van der Waals surface area contributed by atoms with E-state index >= 15 is 0 Å². The molecule has 1 amide bonds. The molecule has 1 aromatic rings. The summed E-state index contributed by atoms with van der Waals surface area (Å²) >= 11 is 0. The fraction of sp³-hybridized carbons (Fsp3) is 0.632. The molecule has 1 aromatic carbocycles. The highest BCUT2D eigenvalue weighted by atomic mass is 16.2. The van der Waals surface area contributed by atoms with Gasteiger partial charge in [-0.3, -0.25) is 4.79 Å². The van der Waals surface area contributed by atoms with Gasteiger partial charge in [0, 0.05) is 19.5 Å². The van der Waals surface area contributed by atoms with Gasteiger partial charge in [0.15, 0.2) is 0 Å². The van der Waals surface area contributed by atoms with Crippen LogP contribution in [-0.4, -0.2) is 23.9 Å². The first kappa shape index (κ1) is 14.6. The molecule has 2 heteroatoms. The van der Waals surface area contributed by atoms with Crippen LogP contribution < -0.4 is 0 Å². The molecule has 21 heavy (non-hydrogen) atoms. The highest BCUT2D eigenvalue weighted by Gasteiger charge is 2.29. The first-order valence-corrected chi connectivity index (χ1v) is 8.54. The fourth-order valence-corrected chi connectivity index (χ4v) is 3.48. The summed E-state index contributed by atoms with van der Waals surface area (Å²) < 4.78 is 0. The number of hydrogen-bond donors (Lipinski definition) is 0. The average molecular weight is 285 g/mol. The van der Waals surface area contributed by atoms with Gasteiger partial charge in [0.2, 0.25) is 5.91 Å². The smallest absolute Gasteiger partial charge is 0.222 e. The zero-order valence-electron chi connectivity index (χ0n) is 13.2. The molecule has 0 aromatic heterocycles. The zero-order valence-corrected chi connectivity index (χ0v) is 13.2. The lowest BCUT2D eigenvalue weighted by molar-refractivity contribution is -0.133. The summed E-state index contributed by atoms with van der Waals surface area (Å²) in [7, 11) is 0. The van der Waals surface area contributed by atoms with Crippen molar-refractivity contribution >= 4 is 5.91 Å². The van der Waals surface area contributed by atoms with Gasteiger partial charge in [-0.05, 0) is 68.4 Å². The van der Waals surface area contributed by atoms with Crippen molar-refractivity contribution in [2.75, 3.05) is 13.1 Å². The highest BCUT2D eigenvalue weighted by Crippen LogP contribution is 2.33. The maximum atomic E-state index is 12.2. The van der Waals surface area contributed by atoms with E-state index in [-0.39, 0.29) is 0 Å². The van der Waals surface area contributed by atoms with Crippen molar-refractivity contribution in [3.63, 3.8) is 0 Å². The largest absolute Gasteiger partial charge is 0.342 e. The van der Waals surface area contributed by atoms with E-state index < -0.39 is 0 Å². The van der Waals surface area contributed by atoms with Crippen LogP contribution >= 0.6 is 0 Å². The van der Waals surface area contributed by atoms with Crippen LogP contribution in [-0.2, 0) is 11.2 Å². The number of hydrogen-bond acceptors (Lipinski definition) is 1. The fourth-order valence-electron chi connectivity index (χ4n) is 3.48. The Labute approximate surface area is 128 Å². The molecular weight excluding hydrogens is 258 g/mol. The number of rotatable bonds is 5. The topological polar surface area (TPSA) is 20.3 Å². The van der Waals surface area contributed by atoms with Crippen LogP contribution in [0.3, 0.4) is 0 Å². The molecule has 1 aliphatic carbocycles. The monoisotopic (exact) mass is 285 g/mol. The standard InChI is InChI=1S/C19H27NO/c1-15-5-2-3-7-18(15)11-10-17-6-4-12-20(14-17)19(21)13-16-8-9-16/h2-3,5,7,16-17H,4,6,8-14H2,1H3/t17-/m1/s1.